The van der Waals surface area contributed by atoms with Gasteiger partial charge < -0.3 is 57.0 Å². The standard InChI is InChI=1S/C25H48O12/c1-28-7-9-30-11-13-32-15-17-34-19-21-36-23-25(3-5-26,4-6-27)24-37-22-20-35-18-16-33-14-12-31-10-8-29-2/h5-6H,3-4,7-24H2,1-2H3. The van der Waals surface area contributed by atoms with Crippen LogP contribution in [0, 0.1) is 5.41 Å². The van der Waals surface area contributed by atoms with Crippen molar-refractivity contribution in [2.75, 3.05) is 133 Å². The molecule has 0 atom stereocenters. The SMILES string of the molecule is COCCOCCOCCOCCOCC(CC=O)(CC=O)COCCOCCOCCOCCOC. The molecule has 0 unspecified atom stereocenters. The highest BCUT2D eigenvalue weighted by Gasteiger charge is 2.30. The van der Waals surface area contributed by atoms with Gasteiger partial charge in [0.15, 0.2) is 0 Å². The fraction of sp³-hybridized carbons (Fsp3) is 0.920. The van der Waals surface area contributed by atoms with Crippen LogP contribution >= 0.6 is 0 Å². The number of hydrogen-bond donors (Lipinski definition) is 0. The summed E-state index contributed by atoms with van der Waals surface area (Å²) in [5, 5.41) is 0. The first-order valence-electron chi connectivity index (χ1n) is 12.7. The summed E-state index contributed by atoms with van der Waals surface area (Å²) in [6, 6.07) is 0. The lowest BCUT2D eigenvalue weighted by molar-refractivity contribution is -0.119. The summed E-state index contributed by atoms with van der Waals surface area (Å²) >= 11 is 0. The molecule has 0 N–H and O–H groups in total. The minimum absolute atomic E-state index is 0.161. The van der Waals surface area contributed by atoms with E-state index in [1.54, 1.807) is 14.2 Å². The van der Waals surface area contributed by atoms with Crippen LogP contribution in [0.5, 0.6) is 0 Å². The Morgan fingerprint density at radius 2 is 0.649 bits per heavy atom. The summed E-state index contributed by atoms with van der Waals surface area (Å²) in [7, 11) is 3.25. The highest BCUT2D eigenvalue weighted by Crippen LogP contribution is 2.26. The van der Waals surface area contributed by atoms with Crippen LogP contribution in [0.4, 0.5) is 0 Å². The largest absolute Gasteiger partial charge is 0.382 e. The molecule has 0 saturated carbocycles. The van der Waals surface area contributed by atoms with Gasteiger partial charge in [0.2, 0.25) is 0 Å². The van der Waals surface area contributed by atoms with Crippen LogP contribution in [0.1, 0.15) is 12.8 Å². The predicted molar refractivity (Wildman–Crippen MR) is 134 cm³/mol. The molecular formula is C25H48O12. The molecule has 0 fully saturated rings. The van der Waals surface area contributed by atoms with E-state index >= 15 is 0 Å². The third-order valence-electron chi connectivity index (χ3n) is 4.94. The summed E-state index contributed by atoms with van der Waals surface area (Å²) in [6.45, 7) is 7.86. The number of methoxy groups -OCH3 is 2. The minimum Gasteiger partial charge on any atom is -0.382 e. The normalized spacial score (nSPS) is 11.7. The topological polar surface area (TPSA) is 126 Å². The summed E-state index contributed by atoms with van der Waals surface area (Å²) < 4.78 is 53.5. The molecule has 0 aromatic carbocycles. The van der Waals surface area contributed by atoms with Gasteiger partial charge in [0.05, 0.1) is 119 Å². The summed E-state index contributed by atoms with van der Waals surface area (Å²) in [5.41, 5.74) is -0.707. The summed E-state index contributed by atoms with van der Waals surface area (Å²) in [4.78, 5) is 22.5. The molecule has 12 heteroatoms. The first kappa shape index (κ1) is 35.9. The lowest BCUT2D eigenvalue weighted by Crippen LogP contribution is -2.34. The Morgan fingerprint density at radius 1 is 0.405 bits per heavy atom. The third-order valence-corrected chi connectivity index (χ3v) is 4.94. The van der Waals surface area contributed by atoms with Crippen molar-refractivity contribution < 1.29 is 57.0 Å². The van der Waals surface area contributed by atoms with Crippen LogP contribution in [0.15, 0.2) is 0 Å². The maximum atomic E-state index is 11.2. The number of rotatable bonds is 32. The average Bonchev–Trinajstić information content (AvgIpc) is 2.90. The molecule has 0 aliphatic rings. The fourth-order valence-corrected chi connectivity index (χ4v) is 2.90. The summed E-state index contributed by atoms with van der Waals surface area (Å²) in [6.07, 6.45) is 1.90. The first-order valence-corrected chi connectivity index (χ1v) is 12.7. The van der Waals surface area contributed by atoms with E-state index in [4.69, 9.17) is 47.4 Å². The molecule has 0 saturated heterocycles. The van der Waals surface area contributed by atoms with Crippen molar-refractivity contribution in [2.45, 2.75) is 12.8 Å². The van der Waals surface area contributed by atoms with E-state index in [0.29, 0.717) is 106 Å². The molecule has 37 heavy (non-hydrogen) atoms. The van der Waals surface area contributed by atoms with Crippen molar-refractivity contribution in [2.24, 2.45) is 5.41 Å². The van der Waals surface area contributed by atoms with E-state index in [0.717, 1.165) is 12.6 Å². The van der Waals surface area contributed by atoms with Crippen molar-refractivity contribution in [3.8, 4) is 0 Å². The first-order chi connectivity index (χ1) is 18.2. The molecule has 0 rings (SSSR count). The third kappa shape index (κ3) is 25.0. The molecule has 0 aromatic rings. The van der Waals surface area contributed by atoms with Crippen LogP contribution < -0.4 is 0 Å². The van der Waals surface area contributed by atoms with Gasteiger partial charge in [-0.05, 0) is 0 Å². The Balaban J connectivity index is 3.82. The zero-order valence-electron chi connectivity index (χ0n) is 22.7. The van der Waals surface area contributed by atoms with Crippen LogP contribution in [0.25, 0.3) is 0 Å². The van der Waals surface area contributed by atoms with Gasteiger partial charge in [-0.1, -0.05) is 0 Å². The Kier molecular flexibility index (Phi) is 28.7. The molecule has 0 aliphatic carbocycles. The molecule has 0 aromatic heterocycles. The smallest absolute Gasteiger partial charge is 0.120 e. The van der Waals surface area contributed by atoms with Gasteiger partial charge in [-0.3, -0.25) is 0 Å². The van der Waals surface area contributed by atoms with Gasteiger partial charge >= 0.3 is 0 Å². The van der Waals surface area contributed by atoms with E-state index in [1.165, 1.54) is 0 Å². The molecule has 12 nitrogen and oxygen atoms in total. The average molecular weight is 541 g/mol. The van der Waals surface area contributed by atoms with Crippen LogP contribution in [-0.2, 0) is 57.0 Å². The molecule has 0 heterocycles. The van der Waals surface area contributed by atoms with E-state index in [-0.39, 0.29) is 26.1 Å². The highest BCUT2D eigenvalue weighted by atomic mass is 16.6. The number of hydrogen-bond acceptors (Lipinski definition) is 12. The van der Waals surface area contributed by atoms with Crippen molar-refractivity contribution in [3.63, 3.8) is 0 Å². The maximum absolute atomic E-state index is 11.2. The molecule has 0 radical (unpaired) electrons. The lowest BCUT2D eigenvalue weighted by Gasteiger charge is -2.29. The van der Waals surface area contributed by atoms with Gasteiger partial charge in [0, 0.05) is 32.5 Å². The molecule has 0 aliphatic heterocycles. The van der Waals surface area contributed by atoms with E-state index < -0.39 is 5.41 Å². The molecule has 0 bridgehead atoms. The van der Waals surface area contributed by atoms with Gasteiger partial charge in [-0.2, -0.15) is 0 Å². The zero-order chi connectivity index (χ0) is 27.1. The Morgan fingerprint density at radius 3 is 0.892 bits per heavy atom. The summed E-state index contributed by atoms with van der Waals surface area (Å²) in [5.74, 6) is 0. The van der Waals surface area contributed by atoms with E-state index in [2.05, 4.69) is 0 Å². The maximum Gasteiger partial charge on any atom is 0.120 e. The van der Waals surface area contributed by atoms with Gasteiger partial charge in [0.25, 0.3) is 0 Å². The quantitative estimate of drug-likeness (QED) is 0.0875. The van der Waals surface area contributed by atoms with Crippen molar-refractivity contribution in [1.82, 2.24) is 0 Å². The van der Waals surface area contributed by atoms with Crippen molar-refractivity contribution >= 4 is 12.6 Å². The Hall–Kier alpha value is -1.06. The molecule has 220 valence electrons. The molecular weight excluding hydrogens is 492 g/mol. The van der Waals surface area contributed by atoms with Crippen molar-refractivity contribution in [3.05, 3.63) is 0 Å². The molecule has 0 amide bonds. The minimum atomic E-state index is -0.707. The highest BCUT2D eigenvalue weighted by molar-refractivity contribution is 5.56. The Bertz CT molecular complexity index is 439. The number of ether oxygens (including phenoxy) is 10. The number of carbonyl (C=O) groups is 2. The van der Waals surface area contributed by atoms with Gasteiger partial charge in [-0.25, -0.2) is 0 Å². The van der Waals surface area contributed by atoms with Crippen LogP contribution in [-0.4, -0.2) is 146 Å². The molecule has 0 spiro atoms. The second kappa shape index (κ2) is 29.5. The Labute approximate surface area is 221 Å². The zero-order valence-corrected chi connectivity index (χ0v) is 22.7. The monoisotopic (exact) mass is 540 g/mol. The van der Waals surface area contributed by atoms with E-state index in [1.807, 2.05) is 0 Å². The lowest BCUT2D eigenvalue weighted by atomic mass is 9.83. The second-order valence-corrected chi connectivity index (χ2v) is 8.01. The van der Waals surface area contributed by atoms with Crippen molar-refractivity contribution in [1.29, 1.82) is 0 Å². The predicted octanol–water partition coefficient (Wildman–Crippen LogP) is 0.576. The van der Waals surface area contributed by atoms with Crippen LogP contribution in [0.2, 0.25) is 0 Å². The fourth-order valence-electron chi connectivity index (χ4n) is 2.90. The van der Waals surface area contributed by atoms with Gasteiger partial charge in [0.1, 0.15) is 12.6 Å². The van der Waals surface area contributed by atoms with Gasteiger partial charge in [-0.15, -0.1) is 0 Å². The van der Waals surface area contributed by atoms with E-state index in [9.17, 15) is 9.59 Å². The number of carbonyl (C=O) groups excluding carboxylic acids is 2. The number of aldehydes is 2. The second-order valence-electron chi connectivity index (χ2n) is 8.01. The van der Waals surface area contributed by atoms with Crippen LogP contribution in [0.3, 0.4) is 0 Å².